The van der Waals surface area contributed by atoms with Gasteiger partial charge in [0.2, 0.25) is 0 Å². The second-order valence-electron chi connectivity index (χ2n) is 3.79. The molecule has 2 aromatic carbocycles. The van der Waals surface area contributed by atoms with Crippen LogP contribution in [-0.2, 0) is 0 Å². The van der Waals surface area contributed by atoms with E-state index in [0.717, 1.165) is 16.3 Å². The number of hydrogen-bond donors (Lipinski definition) is 1. The van der Waals surface area contributed by atoms with Crippen LogP contribution in [0.2, 0.25) is 0 Å². The first kappa shape index (κ1) is 8.48. The number of aromatic amines is 1. The van der Waals surface area contributed by atoms with E-state index in [-0.39, 0.29) is 5.82 Å². The smallest absolute Gasteiger partial charge is 0.150 e. The summed E-state index contributed by atoms with van der Waals surface area (Å²) < 4.78 is 13.8. The van der Waals surface area contributed by atoms with Gasteiger partial charge < -0.3 is 4.98 Å². The fraction of sp³-hybridized carbons (Fsp3) is 0.0769. The molecule has 0 atom stereocenters. The maximum absolute atomic E-state index is 13.8. The van der Waals surface area contributed by atoms with E-state index in [4.69, 9.17) is 0 Å². The first-order valence-corrected chi connectivity index (χ1v) is 4.93. The number of rotatable bonds is 0. The number of aryl methyl sites for hydroxylation is 1. The number of H-pyrrole nitrogens is 1. The average molecular weight is 199 g/mol. The van der Waals surface area contributed by atoms with Gasteiger partial charge in [-0.2, -0.15) is 0 Å². The number of halogens is 1. The molecule has 3 rings (SSSR count). The molecule has 3 aromatic rings. The van der Waals surface area contributed by atoms with E-state index in [1.807, 2.05) is 36.4 Å². The second-order valence-corrected chi connectivity index (χ2v) is 3.79. The second kappa shape index (κ2) is 2.83. The fourth-order valence-electron chi connectivity index (χ4n) is 1.99. The van der Waals surface area contributed by atoms with Gasteiger partial charge in [-0.3, -0.25) is 0 Å². The molecule has 0 aliphatic rings. The van der Waals surface area contributed by atoms with Crippen molar-refractivity contribution < 1.29 is 4.39 Å². The van der Waals surface area contributed by atoms with Crippen LogP contribution in [0, 0.1) is 12.7 Å². The van der Waals surface area contributed by atoms with Crippen LogP contribution in [0.1, 0.15) is 5.56 Å². The predicted molar refractivity (Wildman–Crippen MR) is 60.5 cm³/mol. The molecule has 15 heavy (non-hydrogen) atoms. The Labute approximate surface area is 86.5 Å². The van der Waals surface area contributed by atoms with Crippen LogP contribution in [0.25, 0.3) is 21.8 Å². The summed E-state index contributed by atoms with van der Waals surface area (Å²) in [6.45, 7) is 1.78. The van der Waals surface area contributed by atoms with E-state index in [9.17, 15) is 4.39 Å². The van der Waals surface area contributed by atoms with Crippen LogP contribution in [0.5, 0.6) is 0 Å². The molecule has 1 N–H and O–H groups in total. The molecule has 74 valence electrons. The van der Waals surface area contributed by atoms with Crippen molar-refractivity contribution in [3.8, 4) is 0 Å². The standard InChI is InChI=1S/C13H10FN/c1-8-6-7-10-9-4-2-3-5-11(9)15-13(10)12(8)14/h2-7,15H,1H3. The molecule has 0 spiro atoms. The summed E-state index contributed by atoms with van der Waals surface area (Å²) in [7, 11) is 0. The molecule has 1 aromatic heterocycles. The molecule has 0 aliphatic carbocycles. The molecule has 1 nitrogen and oxygen atoms in total. The highest BCUT2D eigenvalue weighted by molar-refractivity contribution is 6.07. The highest BCUT2D eigenvalue weighted by Gasteiger charge is 2.08. The molecular weight excluding hydrogens is 189 g/mol. The van der Waals surface area contributed by atoms with Gasteiger partial charge in [0, 0.05) is 16.3 Å². The van der Waals surface area contributed by atoms with Gasteiger partial charge in [0.15, 0.2) is 0 Å². The van der Waals surface area contributed by atoms with Crippen molar-refractivity contribution in [2.24, 2.45) is 0 Å². The third-order valence-electron chi connectivity index (χ3n) is 2.81. The minimum absolute atomic E-state index is 0.149. The van der Waals surface area contributed by atoms with Crippen molar-refractivity contribution >= 4 is 21.8 Å². The monoisotopic (exact) mass is 199 g/mol. The normalized spacial score (nSPS) is 11.3. The van der Waals surface area contributed by atoms with Crippen LogP contribution < -0.4 is 0 Å². The summed E-state index contributed by atoms with van der Waals surface area (Å²) in [4.78, 5) is 3.11. The zero-order valence-corrected chi connectivity index (χ0v) is 8.34. The molecule has 1 heterocycles. The zero-order chi connectivity index (χ0) is 10.4. The van der Waals surface area contributed by atoms with Crippen LogP contribution in [-0.4, -0.2) is 4.98 Å². The number of nitrogens with one attached hydrogen (secondary N) is 1. The van der Waals surface area contributed by atoms with E-state index in [2.05, 4.69) is 4.98 Å². The Kier molecular flexibility index (Phi) is 1.60. The lowest BCUT2D eigenvalue weighted by molar-refractivity contribution is 0.628. The topological polar surface area (TPSA) is 15.8 Å². The fourth-order valence-corrected chi connectivity index (χ4v) is 1.99. The first-order chi connectivity index (χ1) is 7.27. The highest BCUT2D eigenvalue weighted by atomic mass is 19.1. The Morgan fingerprint density at radius 3 is 2.67 bits per heavy atom. The SMILES string of the molecule is Cc1ccc2c([nH]c3ccccc32)c1F. The molecule has 0 saturated heterocycles. The Morgan fingerprint density at radius 1 is 1.00 bits per heavy atom. The number of fused-ring (bicyclic) bond motifs is 3. The van der Waals surface area contributed by atoms with Crippen LogP contribution in [0.15, 0.2) is 36.4 Å². The lowest BCUT2D eigenvalue weighted by Crippen LogP contribution is -1.82. The molecule has 0 fully saturated rings. The molecule has 0 unspecified atom stereocenters. The summed E-state index contributed by atoms with van der Waals surface area (Å²) in [5.74, 6) is -0.149. The van der Waals surface area contributed by atoms with Crippen molar-refractivity contribution in [3.63, 3.8) is 0 Å². The quantitative estimate of drug-likeness (QED) is 0.567. The summed E-state index contributed by atoms with van der Waals surface area (Å²) in [6, 6.07) is 11.7. The molecule has 2 heteroatoms. The third kappa shape index (κ3) is 1.08. The Balaban J connectivity index is 2.60. The minimum atomic E-state index is -0.149. The largest absolute Gasteiger partial charge is 0.352 e. The van der Waals surface area contributed by atoms with Gasteiger partial charge >= 0.3 is 0 Å². The van der Waals surface area contributed by atoms with Gasteiger partial charge in [-0.15, -0.1) is 0 Å². The summed E-state index contributed by atoms with van der Waals surface area (Å²) >= 11 is 0. The van der Waals surface area contributed by atoms with E-state index in [0.29, 0.717) is 11.1 Å². The molecule has 0 aliphatic heterocycles. The minimum Gasteiger partial charge on any atom is -0.352 e. The van der Waals surface area contributed by atoms with Crippen LogP contribution >= 0.6 is 0 Å². The number of aromatic nitrogens is 1. The highest BCUT2D eigenvalue weighted by Crippen LogP contribution is 2.27. The van der Waals surface area contributed by atoms with Gasteiger partial charge in [-0.25, -0.2) is 4.39 Å². The Morgan fingerprint density at radius 2 is 1.80 bits per heavy atom. The molecule has 0 amide bonds. The van der Waals surface area contributed by atoms with E-state index < -0.39 is 0 Å². The third-order valence-corrected chi connectivity index (χ3v) is 2.81. The first-order valence-electron chi connectivity index (χ1n) is 4.93. The van der Waals surface area contributed by atoms with E-state index in [1.165, 1.54) is 0 Å². The van der Waals surface area contributed by atoms with Gasteiger partial charge in [0.25, 0.3) is 0 Å². The van der Waals surface area contributed by atoms with Gasteiger partial charge in [0.1, 0.15) is 5.82 Å². The molecule has 0 radical (unpaired) electrons. The number of para-hydroxylation sites is 1. The molecular formula is C13H10FN. The Hall–Kier alpha value is -1.83. The van der Waals surface area contributed by atoms with E-state index in [1.54, 1.807) is 6.92 Å². The molecule has 0 saturated carbocycles. The van der Waals surface area contributed by atoms with Gasteiger partial charge in [-0.05, 0) is 18.6 Å². The molecule has 0 bridgehead atoms. The van der Waals surface area contributed by atoms with Crippen molar-refractivity contribution in [2.75, 3.05) is 0 Å². The van der Waals surface area contributed by atoms with Crippen molar-refractivity contribution in [1.29, 1.82) is 0 Å². The van der Waals surface area contributed by atoms with Crippen molar-refractivity contribution in [2.45, 2.75) is 6.92 Å². The lowest BCUT2D eigenvalue weighted by atomic mass is 10.1. The zero-order valence-electron chi connectivity index (χ0n) is 8.34. The van der Waals surface area contributed by atoms with Crippen LogP contribution in [0.3, 0.4) is 0 Å². The maximum Gasteiger partial charge on any atom is 0.150 e. The van der Waals surface area contributed by atoms with Gasteiger partial charge in [0.05, 0.1) is 5.52 Å². The average Bonchev–Trinajstić information content (AvgIpc) is 2.63. The van der Waals surface area contributed by atoms with Crippen LogP contribution in [0.4, 0.5) is 4.39 Å². The van der Waals surface area contributed by atoms with E-state index >= 15 is 0 Å². The lowest BCUT2D eigenvalue weighted by Gasteiger charge is -1.96. The summed E-state index contributed by atoms with van der Waals surface area (Å²) in [6.07, 6.45) is 0. The number of hydrogen-bond acceptors (Lipinski definition) is 0. The maximum atomic E-state index is 13.8. The summed E-state index contributed by atoms with van der Waals surface area (Å²) in [5.41, 5.74) is 2.27. The van der Waals surface area contributed by atoms with Crippen molar-refractivity contribution in [1.82, 2.24) is 4.98 Å². The Bertz CT molecular complexity index is 652. The van der Waals surface area contributed by atoms with Gasteiger partial charge in [-0.1, -0.05) is 30.3 Å². The summed E-state index contributed by atoms with van der Waals surface area (Å²) in [5, 5.41) is 2.03. The van der Waals surface area contributed by atoms with Crippen molar-refractivity contribution in [3.05, 3.63) is 47.8 Å². The predicted octanol–water partition coefficient (Wildman–Crippen LogP) is 3.77. The number of benzene rings is 2.